The molecule has 24 heavy (non-hydrogen) atoms. The van der Waals surface area contributed by atoms with Gasteiger partial charge >= 0.3 is 0 Å². The number of thiazole rings is 1. The van der Waals surface area contributed by atoms with Crippen molar-refractivity contribution in [2.75, 3.05) is 11.9 Å². The van der Waals surface area contributed by atoms with Crippen molar-refractivity contribution in [2.45, 2.75) is 6.92 Å². The van der Waals surface area contributed by atoms with Gasteiger partial charge in [0, 0.05) is 10.9 Å². The maximum Gasteiger partial charge on any atom is 0.261 e. The Hall–Kier alpha value is -2.73. The lowest BCUT2D eigenvalue weighted by Crippen LogP contribution is -2.13. The molecule has 4 nitrogen and oxygen atoms in total. The second kappa shape index (κ2) is 7.23. The zero-order valence-electron chi connectivity index (χ0n) is 13.0. The molecule has 122 valence electrons. The van der Waals surface area contributed by atoms with E-state index in [2.05, 4.69) is 10.3 Å². The number of nitrogens with one attached hydrogen (secondary N) is 1. The Morgan fingerprint density at radius 3 is 2.88 bits per heavy atom. The number of ether oxygens (including phenoxy) is 1. The molecule has 0 spiro atoms. The van der Waals surface area contributed by atoms with Crippen molar-refractivity contribution in [2.24, 2.45) is 0 Å². The third-order valence-corrected chi connectivity index (χ3v) is 4.03. The number of para-hydroxylation sites is 1. The lowest BCUT2D eigenvalue weighted by molar-refractivity contribution is 0.102. The smallest absolute Gasteiger partial charge is 0.261 e. The number of hydrogen-bond donors (Lipinski definition) is 1. The number of carbonyl (C=O) groups is 1. The van der Waals surface area contributed by atoms with Gasteiger partial charge in [0.15, 0.2) is 5.13 Å². The number of carbonyl (C=O) groups excluding carboxylic acids is 1. The molecular formula is C18H15FN2O2S. The third-order valence-electron chi connectivity index (χ3n) is 3.28. The summed E-state index contributed by atoms with van der Waals surface area (Å²) in [6, 6.07) is 13.2. The average Bonchev–Trinajstić information content (AvgIpc) is 3.04. The summed E-state index contributed by atoms with van der Waals surface area (Å²) in [6.07, 6.45) is 0. The molecule has 1 N–H and O–H groups in total. The zero-order valence-corrected chi connectivity index (χ0v) is 13.8. The lowest BCUT2D eigenvalue weighted by atomic mass is 10.2. The summed E-state index contributed by atoms with van der Waals surface area (Å²) in [6.45, 7) is 2.34. The third kappa shape index (κ3) is 3.60. The van der Waals surface area contributed by atoms with Crippen LogP contribution in [0.1, 0.15) is 17.3 Å². The Morgan fingerprint density at radius 1 is 1.25 bits per heavy atom. The number of halogens is 1. The molecule has 0 unspecified atom stereocenters. The second-order valence-electron chi connectivity index (χ2n) is 4.93. The van der Waals surface area contributed by atoms with E-state index in [-0.39, 0.29) is 11.7 Å². The summed E-state index contributed by atoms with van der Waals surface area (Å²) in [5.41, 5.74) is 1.73. The quantitative estimate of drug-likeness (QED) is 0.737. The van der Waals surface area contributed by atoms with E-state index in [1.54, 1.807) is 35.7 Å². The fourth-order valence-corrected chi connectivity index (χ4v) is 2.93. The van der Waals surface area contributed by atoms with E-state index in [1.165, 1.54) is 23.5 Å². The lowest BCUT2D eigenvalue weighted by Gasteiger charge is -2.08. The Bertz CT molecular complexity index is 863. The molecule has 0 saturated carbocycles. The maximum atomic E-state index is 13.3. The molecule has 0 fully saturated rings. The Balaban J connectivity index is 1.79. The van der Waals surface area contributed by atoms with Gasteiger partial charge in [0.1, 0.15) is 11.6 Å². The number of hydrogen-bond acceptors (Lipinski definition) is 4. The number of anilines is 1. The van der Waals surface area contributed by atoms with Crippen LogP contribution in [0.4, 0.5) is 9.52 Å². The van der Waals surface area contributed by atoms with E-state index in [4.69, 9.17) is 4.74 Å². The summed E-state index contributed by atoms with van der Waals surface area (Å²) >= 11 is 1.29. The van der Waals surface area contributed by atoms with Crippen molar-refractivity contribution >= 4 is 22.4 Å². The van der Waals surface area contributed by atoms with Crippen LogP contribution in [0.15, 0.2) is 53.9 Å². The van der Waals surface area contributed by atoms with E-state index < -0.39 is 0 Å². The SMILES string of the molecule is CCOc1ccccc1C(=O)Nc1nc(-c2cccc(F)c2)cs1. The first-order valence-corrected chi connectivity index (χ1v) is 8.30. The van der Waals surface area contributed by atoms with Gasteiger partial charge in [-0.1, -0.05) is 24.3 Å². The van der Waals surface area contributed by atoms with E-state index in [0.29, 0.717) is 34.3 Å². The van der Waals surface area contributed by atoms with Crippen LogP contribution in [0.5, 0.6) is 5.75 Å². The summed E-state index contributed by atoms with van der Waals surface area (Å²) in [5, 5.41) is 4.98. The van der Waals surface area contributed by atoms with Gasteiger partial charge in [0.2, 0.25) is 0 Å². The minimum atomic E-state index is -0.322. The van der Waals surface area contributed by atoms with Gasteiger partial charge in [-0.25, -0.2) is 9.37 Å². The monoisotopic (exact) mass is 342 g/mol. The van der Waals surface area contributed by atoms with E-state index in [0.717, 1.165) is 0 Å². The van der Waals surface area contributed by atoms with Crippen LogP contribution >= 0.6 is 11.3 Å². The largest absolute Gasteiger partial charge is 0.493 e. The molecule has 2 aromatic carbocycles. The molecule has 0 aliphatic carbocycles. The minimum absolute atomic E-state index is 0.292. The molecule has 0 bridgehead atoms. The molecule has 0 aliphatic rings. The Labute approximate surface area is 142 Å². The van der Waals surface area contributed by atoms with Gasteiger partial charge < -0.3 is 4.74 Å². The van der Waals surface area contributed by atoms with Crippen molar-refractivity contribution in [3.8, 4) is 17.0 Å². The highest BCUT2D eigenvalue weighted by Gasteiger charge is 2.14. The van der Waals surface area contributed by atoms with Crippen LogP contribution in [0, 0.1) is 5.82 Å². The molecule has 0 atom stereocenters. The summed E-state index contributed by atoms with van der Waals surface area (Å²) in [5.74, 6) is -0.0877. The van der Waals surface area contributed by atoms with Crippen molar-refractivity contribution in [1.29, 1.82) is 0 Å². The molecule has 3 aromatic rings. The van der Waals surface area contributed by atoms with E-state index in [9.17, 15) is 9.18 Å². The predicted octanol–water partition coefficient (Wildman–Crippen LogP) is 4.60. The molecule has 0 radical (unpaired) electrons. The van der Waals surface area contributed by atoms with Gasteiger partial charge in [-0.15, -0.1) is 11.3 Å². The summed E-state index contributed by atoms with van der Waals surface area (Å²) < 4.78 is 18.8. The molecule has 1 amide bonds. The standard InChI is InChI=1S/C18H15FN2O2S/c1-2-23-16-9-4-3-8-14(16)17(22)21-18-20-15(11-24-18)12-6-5-7-13(19)10-12/h3-11H,2H2,1H3,(H,20,21,22). The first kappa shape index (κ1) is 16.1. The topological polar surface area (TPSA) is 51.2 Å². The Kier molecular flexibility index (Phi) is 4.86. The fraction of sp³-hybridized carbons (Fsp3) is 0.111. The van der Waals surface area contributed by atoms with Crippen LogP contribution in [0.3, 0.4) is 0 Å². The van der Waals surface area contributed by atoms with Crippen molar-refractivity contribution in [1.82, 2.24) is 4.98 Å². The number of aromatic nitrogens is 1. The van der Waals surface area contributed by atoms with Gasteiger partial charge in [-0.2, -0.15) is 0 Å². The number of rotatable bonds is 5. The maximum absolute atomic E-state index is 13.3. The molecule has 1 aromatic heterocycles. The molecular weight excluding hydrogens is 327 g/mol. The Morgan fingerprint density at radius 2 is 2.08 bits per heavy atom. The van der Waals surface area contributed by atoms with E-state index >= 15 is 0 Å². The molecule has 6 heteroatoms. The second-order valence-corrected chi connectivity index (χ2v) is 5.79. The van der Waals surface area contributed by atoms with Gasteiger partial charge in [0.05, 0.1) is 17.9 Å². The van der Waals surface area contributed by atoms with Gasteiger partial charge in [-0.3, -0.25) is 10.1 Å². The van der Waals surface area contributed by atoms with Crippen molar-refractivity contribution in [3.05, 3.63) is 65.3 Å². The van der Waals surface area contributed by atoms with Crippen LogP contribution in [0.25, 0.3) is 11.3 Å². The summed E-state index contributed by atoms with van der Waals surface area (Å²) in [7, 11) is 0. The zero-order chi connectivity index (χ0) is 16.9. The van der Waals surface area contributed by atoms with Crippen LogP contribution < -0.4 is 10.1 Å². The van der Waals surface area contributed by atoms with Crippen LogP contribution in [-0.2, 0) is 0 Å². The molecule has 0 aliphatic heterocycles. The fourth-order valence-electron chi connectivity index (χ4n) is 2.21. The molecule has 0 saturated heterocycles. The number of nitrogens with zero attached hydrogens (tertiary/aromatic N) is 1. The number of benzene rings is 2. The van der Waals surface area contributed by atoms with Crippen LogP contribution in [-0.4, -0.2) is 17.5 Å². The van der Waals surface area contributed by atoms with Gasteiger partial charge in [-0.05, 0) is 31.2 Å². The average molecular weight is 342 g/mol. The first-order valence-electron chi connectivity index (χ1n) is 7.42. The minimum Gasteiger partial charge on any atom is -0.493 e. The highest BCUT2D eigenvalue weighted by molar-refractivity contribution is 7.14. The number of amides is 1. The first-order chi connectivity index (χ1) is 11.7. The highest BCUT2D eigenvalue weighted by atomic mass is 32.1. The van der Waals surface area contributed by atoms with Gasteiger partial charge in [0.25, 0.3) is 5.91 Å². The van der Waals surface area contributed by atoms with E-state index in [1.807, 2.05) is 13.0 Å². The molecule has 3 rings (SSSR count). The predicted molar refractivity (Wildman–Crippen MR) is 93.1 cm³/mol. The summed E-state index contributed by atoms with van der Waals surface area (Å²) in [4.78, 5) is 16.8. The molecule has 1 heterocycles. The van der Waals surface area contributed by atoms with Crippen molar-refractivity contribution < 1.29 is 13.9 Å². The normalized spacial score (nSPS) is 10.4. The van der Waals surface area contributed by atoms with Crippen LogP contribution in [0.2, 0.25) is 0 Å². The van der Waals surface area contributed by atoms with Crippen molar-refractivity contribution in [3.63, 3.8) is 0 Å². The highest BCUT2D eigenvalue weighted by Crippen LogP contribution is 2.26.